The lowest BCUT2D eigenvalue weighted by molar-refractivity contribution is 0.426. The van der Waals surface area contributed by atoms with Crippen LogP contribution in [0.2, 0.25) is 0 Å². The number of hydrogen-bond acceptors (Lipinski definition) is 3. The molecule has 86 valence electrons. The SMILES string of the molecule is CC(C)[C@@H](C)NCc1ccc2scnc2c1. The van der Waals surface area contributed by atoms with Crippen LogP contribution in [0.3, 0.4) is 0 Å². The van der Waals surface area contributed by atoms with E-state index >= 15 is 0 Å². The highest BCUT2D eigenvalue weighted by Crippen LogP contribution is 2.18. The largest absolute Gasteiger partial charge is 0.310 e. The number of fused-ring (bicyclic) bond motifs is 1. The van der Waals surface area contributed by atoms with E-state index < -0.39 is 0 Å². The van der Waals surface area contributed by atoms with Gasteiger partial charge < -0.3 is 5.32 Å². The Balaban J connectivity index is 2.04. The van der Waals surface area contributed by atoms with Gasteiger partial charge in [0, 0.05) is 12.6 Å². The van der Waals surface area contributed by atoms with Gasteiger partial charge in [-0.1, -0.05) is 19.9 Å². The van der Waals surface area contributed by atoms with Crippen molar-refractivity contribution in [3.05, 3.63) is 29.3 Å². The summed E-state index contributed by atoms with van der Waals surface area (Å²) in [7, 11) is 0. The van der Waals surface area contributed by atoms with Crippen molar-refractivity contribution in [1.82, 2.24) is 10.3 Å². The molecule has 0 aliphatic heterocycles. The van der Waals surface area contributed by atoms with Crippen molar-refractivity contribution >= 4 is 21.6 Å². The minimum atomic E-state index is 0.547. The molecule has 0 amide bonds. The molecular formula is C13H18N2S. The van der Waals surface area contributed by atoms with Crippen LogP contribution in [0.5, 0.6) is 0 Å². The molecule has 0 aliphatic carbocycles. The summed E-state index contributed by atoms with van der Waals surface area (Å²) in [4.78, 5) is 4.33. The molecule has 2 aromatic rings. The summed E-state index contributed by atoms with van der Waals surface area (Å²) in [5.74, 6) is 0.669. The molecule has 1 aromatic carbocycles. The van der Waals surface area contributed by atoms with E-state index in [2.05, 4.69) is 49.3 Å². The summed E-state index contributed by atoms with van der Waals surface area (Å²) in [5, 5.41) is 3.53. The van der Waals surface area contributed by atoms with E-state index in [4.69, 9.17) is 0 Å². The molecule has 1 N–H and O–H groups in total. The zero-order valence-corrected chi connectivity index (χ0v) is 10.8. The predicted molar refractivity (Wildman–Crippen MR) is 70.8 cm³/mol. The van der Waals surface area contributed by atoms with Gasteiger partial charge in [0.1, 0.15) is 0 Å². The van der Waals surface area contributed by atoms with Gasteiger partial charge in [-0.3, -0.25) is 0 Å². The third kappa shape index (κ3) is 2.60. The first-order valence-corrected chi connectivity index (χ1v) is 6.60. The van der Waals surface area contributed by atoms with Crippen LogP contribution < -0.4 is 5.32 Å². The molecule has 0 fully saturated rings. The van der Waals surface area contributed by atoms with Gasteiger partial charge in [-0.2, -0.15) is 0 Å². The second-order valence-corrected chi connectivity index (χ2v) is 5.45. The average Bonchev–Trinajstić information content (AvgIpc) is 2.72. The molecule has 0 saturated heterocycles. The minimum Gasteiger partial charge on any atom is -0.310 e. The van der Waals surface area contributed by atoms with E-state index in [1.165, 1.54) is 10.3 Å². The molecule has 3 heteroatoms. The number of nitrogens with one attached hydrogen (secondary N) is 1. The van der Waals surface area contributed by atoms with Gasteiger partial charge in [-0.05, 0) is 30.5 Å². The first-order chi connectivity index (χ1) is 7.66. The molecule has 0 saturated carbocycles. The monoisotopic (exact) mass is 234 g/mol. The molecule has 0 unspecified atom stereocenters. The smallest absolute Gasteiger partial charge is 0.0815 e. The topological polar surface area (TPSA) is 24.9 Å². The van der Waals surface area contributed by atoms with Gasteiger partial charge in [0.2, 0.25) is 0 Å². The Morgan fingerprint density at radius 3 is 2.88 bits per heavy atom. The van der Waals surface area contributed by atoms with Crippen molar-refractivity contribution < 1.29 is 0 Å². The first-order valence-electron chi connectivity index (χ1n) is 5.72. The molecule has 0 spiro atoms. The van der Waals surface area contributed by atoms with Gasteiger partial charge >= 0.3 is 0 Å². The maximum absolute atomic E-state index is 4.33. The van der Waals surface area contributed by atoms with Crippen LogP contribution in [0.4, 0.5) is 0 Å². The zero-order chi connectivity index (χ0) is 11.5. The van der Waals surface area contributed by atoms with Crippen molar-refractivity contribution in [2.24, 2.45) is 5.92 Å². The second kappa shape index (κ2) is 4.93. The Bertz CT molecular complexity index is 462. The molecule has 1 aromatic heterocycles. The maximum atomic E-state index is 4.33. The number of nitrogens with zero attached hydrogens (tertiary/aromatic N) is 1. The fourth-order valence-electron chi connectivity index (χ4n) is 1.53. The third-order valence-electron chi connectivity index (χ3n) is 3.02. The Hall–Kier alpha value is -0.930. The molecule has 2 rings (SSSR count). The van der Waals surface area contributed by atoms with Crippen LogP contribution in [-0.4, -0.2) is 11.0 Å². The fourth-order valence-corrected chi connectivity index (χ4v) is 2.19. The number of benzene rings is 1. The van der Waals surface area contributed by atoms with Crippen LogP contribution in [0.1, 0.15) is 26.3 Å². The van der Waals surface area contributed by atoms with Crippen LogP contribution in [0.25, 0.3) is 10.2 Å². The van der Waals surface area contributed by atoms with E-state index in [0.717, 1.165) is 12.1 Å². The Kier molecular flexibility index (Phi) is 3.56. The molecule has 2 nitrogen and oxygen atoms in total. The van der Waals surface area contributed by atoms with Crippen LogP contribution in [0, 0.1) is 5.92 Å². The Labute approximate surface area is 101 Å². The van der Waals surface area contributed by atoms with E-state index in [-0.39, 0.29) is 0 Å². The van der Waals surface area contributed by atoms with E-state index in [0.29, 0.717) is 12.0 Å². The minimum absolute atomic E-state index is 0.547. The van der Waals surface area contributed by atoms with E-state index in [1.54, 1.807) is 11.3 Å². The summed E-state index contributed by atoms with van der Waals surface area (Å²) in [6, 6.07) is 7.06. The van der Waals surface area contributed by atoms with Crippen LogP contribution in [0.15, 0.2) is 23.7 Å². The molecule has 0 aliphatic rings. The standard InChI is InChI=1S/C13H18N2S/c1-9(2)10(3)14-7-11-4-5-13-12(6-11)15-8-16-13/h4-6,8-10,14H,7H2,1-3H3/t10-/m1/s1. The lowest BCUT2D eigenvalue weighted by Gasteiger charge is -2.17. The normalized spacial score (nSPS) is 13.5. The zero-order valence-electron chi connectivity index (χ0n) is 10.0. The van der Waals surface area contributed by atoms with Gasteiger partial charge in [-0.15, -0.1) is 11.3 Å². The second-order valence-electron chi connectivity index (χ2n) is 4.57. The number of aromatic nitrogens is 1. The number of thiazole rings is 1. The highest BCUT2D eigenvalue weighted by Gasteiger charge is 2.06. The maximum Gasteiger partial charge on any atom is 0.0815 e. The summed E-state index contributed by atoms with van der Waals surface area (Å²) in [6.07, 6.45) is 0. The van der Waals surface area contributed by atoms with Gasteiger partial charge in [0.15, 0.2) is 0 Å². The lowest BCUT2D eigenvalue weighted by Crippen LogP contribution is -2.30. The van der Waals surface area contributed by atoms with Crippen molar-refractivity contribution in [3.63, 3.8) is 0 Å². The lowest BCUT2D eigenvalue weighted by atomic mass is 10.1. The van der Waals surface area contributed by atoms with Crippen LogP contribution >= 0.6 is 11.3 Å². The molecular weight excluding hydrogens is 216 g/mol. The van der Waals surface area contributed by atoms with Crippen molar-refractivity contribution in [2.45, 2.75) is 33.4 Å². The summed E-state index contributed by atoms with van der Waals surface area (Å²) in [6.45, 7) is 7.63. The summed E-state index contributed by atoms with van der Waals surface area (Å²) < 4.78 is 1.26. The molecule has 0 bridgehead atoms. The van der Waals surface area contributed by atoms with E-state index in [9.17, 15) is 0 Å². The summed E-state index contributed by atoms with van der Waals surface area (Å²) in [5.41, 5.74) is 4.32. The quantitative estimate of drug-likeness (QED) is 0.876. The van der Waals surface area contributed by atoms with Crippen LogP contribution in [-0.2, 0) is 6.54 Å². The number of hydrogen-bond donors (Lipinski definition) is 1. The molecule has 0 radical (unpaired) electrons. The number of rotatable bonds is 4. The highest BCUT2D eigenvalue weighted by molar-refractivity contribution is 7.16. The Morgan fingerprint density at radius 1 is 1.31 bits per heavy atom. The van der Waals surface area contributed by atoms with E-state index in [1.807, 2.05) is 5.51 Å². The fraction of sp³-hybridized carbons (Fsp3) is 0.462. The van der Waals surface area contributed by atoms with Gasteiger partial charge in [0.05, 0.1) is 15.7 Å². The highest BCUT2D eigenvalue weighted by atomic mass is 32.1. The van der Waals surface area contributed by atoms with Crippen molar-refractivity contribution in [2.75, 3.05) is 0 Å². The van der Waals surface area contributed by atoms with Gasteiger partial charge in [0.25, 0.3) is 0 Å². The molecule has 1 atom stereocenters. The van der Waals surface area contributed by atoms with Crippen molar-refractivity contribution in [1.29, 1.82) is 0 Å². The molecule has 16 heavy (non-hydrogen) atoms. The van der Waals surface area contributed by atoms with Gasteiger partial charge in [-0.25, -0.2) is 4.98 Å². The summed E-state index contributed by atoms with van der Waals surface area (Å²) >= 11 is 1.69. The Morgan fingerprint density at radius 2 is 2.12 bits per heavy atom. The third-order valence-corrected chi connectivity index (χ3v) is 3.83. The predicted octanol–water partition coefficient (Wildman–Crippen LogP) is 3.43. The molecule has 1 heterocycles. The van der Waals surface area contributed by atoms with Crippen molar-refractivity contribution in [3.8, 4) is 0 Å². The average molecular weight is 234 g/mol. The first kappa shape index (κ1) is 11.6.